The molecule has 0 aliphatic carbocycles. The van der Waals surface area contributed by atoms with Crippen LogP contribution in [0.2, 0.25) is 5.02 Å². The van der Waals surface area contributed by atoms with E-state index in [4.69, 9.17) is 11.6 Å². The molecule has 0 unspecified atom stereocenters. The number of fused-ring (bicyclic) bond motifs is 3. The normalized spacial score (nSPS) is 13.4. The minimum absolute atomic E-state index is 0.296. The van der Waals surface area contributed by atoms with Crippen molar-refractivity contribution in [2.24, 2.45) is 0 Å². The number of allylic oxidation sites excluding steroid dienone is 1. The first-order chi connectivity index (χ1) is 12.8. The maximum absolute atomic E-state index is 12.7. The van der Waals surface area contributed by atoms with Gasteiger partial charge in [-0.2, -0.15) is 0 Å². The van der Waals surface area contributed by atoms with Gasteiger partial charge < -0.3 is 4.74 Å². The first-order valence-corrected chi connectivity index (χ1v) is 8.33. The van der Waals surface area contributed by atoms with Crippen LogP contribution in [-0.2, 0) is 0 Å². The van der Waals surface area contributed by atoms with Crippen LogP contribution >= 0.6 is 11.6 Å². The van der Waals surface area contributed by atoms with Gasteiger partial charge in [0.15, 0.2) is 0 Å². The van der Waals surface area contributed by atoms with Gasteiger partial charge in [-0.25, -0.2) is 0 Å². The molecule has 1 radical (unpaired) electrons. The number of rotatable bonds is 2. The molecule has 2 aromatic carbocycles. The molecule has 4 nitrogen and oxygen atoms in total. The van der Waals surface area contributed by atoms with Crippen LogP contribution in [0.1, 0.15) is 22.8 Å². The van der Waals surface area contributed by atoms with E-state index < -0.39 is 6.36 Å². The van der Waals surface area contributed by atoms with E-state index in [-0.39, 0.29) is 5.75 Å². The van der Waals surface area contributed by atoms with Crippen molar-refractivity contribution in [3.63, 3.8) is 0 Å². The largest absolute Gasteiger partial charge is 0.573 e. The van der Waals surface area contributed by atoms with Crippen molar-refractivity contribution < 1.29 is 17.9 Å². The average molecular weight is 391 g/mol. The van der Waals surface area contributed by atoms with Crippen LogP contribution < -0.4 is 4.74 Å². The minimum Gasteiger partial charge on any atom is -0.406 e. The number of nitrogens with zero attached hydrogens (tertiary/aromatic N) is 3. The highest BCUT2D eigenvalue weighted by Gasteiger charge is 2.32. The molecule has 1 aromatic heterocycles. The van der Waals surface area contributed by atoms with Crippen LogP contribution in [0.5, 0.6) is 5.75 Å². The van der Waals surface area contributed by atoms with Gasteiger partial charge >= 0.3 is 6.36 Å². The van der Waals surface area contributed by atoms with Crippen molar-refractivity contribution >= 4 is 17.2 Å². The summed E-state index contributed by atoms with van der Waals surface area (Å²) >= 11 is 5.96. The Kier molecular flexibility index (Phi) is 4.19. The van der Waals surface area contributed by atoms with Gasteiger partial charge in [0.1, 0.15) is 17.4 Å². The summed E-state index contributed by atoms with van der Waals surface area (Å²) in [6.07, 6.45) is -1.20. The molecule has 4 rings (SSSR count). The number of alkyl halides is 3. The molecule has 0 spiro atoms. The van der Waals surface area contributed by atoms with E-state index in [1.807, 2.05) is 12.1 Å². The molecule has 0 saturated heterocycles. The lowest BCUT2D eigenvalue weighted by Gasteiger charge is -2.16. The summed E-state index contributed by atoms with van der Waals surface area (Å²) in [5.41, 5.74) is 2.76. The third kappa shape index (κ3) is 3.42. The second-order valence-corrected chi connectivity index (χ2v) is 6.36. The number of ether oxygens (including phenoxy) is 1. The number of hydrogen-bond acceptors (Lipinski definition) is 3. The second-order valence-electron chi connectivity index (χ2n) is 5.92. The number of hydrogen-bond donors (Lipinski definition) is 0. The molecular formula is C19H12ClF3N3O. The molecule has 8 heteroatoms. The molecular weight excluding hydrogens is 379 g/mol. The number of aromatic nitrogens is 3. The van der Waals surface area contributed by atoms with Gasteiger partial charge in [-0.3, -0.25) is 4.57 Å². The molecule has 0 saturated carbocycles. The summed E-state index contributed by atoms with van der Waals surface area (Å²) in [6, 6.07) is 11.3. The number of halogens is 4. The van der Waals surface area contributed by atoms with E-state index in [9.17, 15) is 13.2 Å². The average Bonchev–Trinajstić information content (AvgIpc) is 2.88. The van der Waals surface area contributed by atoms with Gasteiger partial charge in [0, 0.05) is 10.6 Å². The standard InChI is InChI=1S/C19H12ClF3N3O/c1-11-24-25-18-9-7-15(12-2-4-13(20)5-3-12)16-10-14(27-19(21,22)23)6-8-17(16)26(11)18/h2-10H,1H3. The highest BCUT2D eigenvalue weighted by Crippen LogP contribution is 2.37. The van der Waals surface area contributed by atoms with Crippen molar-refractivity contribution in [3.05, 3.63) is 82.8 Å². The molecule has 137 valence electrons. The molecule has 2 heterocycles. The topological polar surface area (TPSA) is 39.9 Å². The van der Waals surface area contributed by atoms with Gasteiger partial charge in [-0.15, -0.1) is 23.4 Å². The van der Waals surface area contributed by atoms with Gasteiger partial charge in [0.05, 0.1) is 12.1 Å². The maximum atomic E-state index is 12.7. The third-order valence-corrected chi connectivity index (χ3v) is 4.39. The number of aryl methyl sites for hydroxylation is 1. The highest BCUT2D eigenvalue weighted by atomic mass is 35.5. The van der Waals surface area contributed by atoms with Crippen LogP contribution in [0.3, 0.4) is 0 Å². The zero-order valence-electron chi connectivity index (χ0n) is 14.0. The van der Waals surface area contributed by atoms with E-state index in [1.54, 1.807) is 42.2 Å². The molecule has 27 heavy (non-hydrogen) atoms. The van der Waals surface area contributed by atoms with Gasteiger partial charge in [-0.05, 0) is 48.4 Å². The third-order valence-electron chi connectivity index (χ3n) is 4.14. The summed E-state index contributed by atoms with van der Waals surface area (Å²) < 4.78 is 44.0. The summed E-state index contributed by atoms with van der Waals surface area (Å²) in [6.45, 7) is 1.78. The molecule has 1 aliphatic rings. The van der Waals surface area contributed by atoms with Crippen LogP contribution in [0.4, 0.5) is 13.2 Å². The summed E-state index contributed by atoms with van der Waals surface area (Å²) in [5.74, 6) is 0.912. The zero-order chi connectivity index (χ0) is 19.2. The Hall–Kier alpha value is -2.80. The van der Waals surface area contributed by atoms with Crippen LogP contribution in [0.25, 0.3) is 11.3 Å². The van der Waals surface area contributed by atoms with E-state index in [0.717, 1.165) is 11.1 Å². The Morgan fingerprint density at radius 1 is 1.04 bits per heavy atom. The molecule has 0 N–H and O–H groups in total. The second kappa shape index (κ2) is 6.42. The predicted molar refractivity (Wildman–Crippen MR) is 94.7 cm³/mol. The molecule has 0 amide bonds. The summed E-state index contributed by atoms with van der Waals surface area (Å²) in [7, 11) is 0. The molecule has 3 aromatic rings. The van der Waals surface area contributed by atoms with Gasteiger partial charge in [0.25, 0.3) is 0 Å². The van der Waals surface area contributed by atoms with Crippen molar-refractivity contribution in [3.8, 4) is 11.4 Å². The summed E-state index contributed by atoms with van der Waals surface area (Å²) in [5, 5.41) is 8.74. The van der Waals surface area contributed by atoms with E-state index in [1.165, 1.54) is 12.1 Å². The van der Waals surface area contributed by atoms with Crippen LogP contribution in [0, 0.1) is 13.3 Å². The Morgan fingerprint density at radius 2 is 1.78 bits per heavy atom. The Bertz CT molecular complexity index is 1040. The van der Waals surface area contributed by atoms with Crippen LogP contribution in [0.15, 0.2) is 48.5 Å². The van der Waals surface area contributed by atoms with E-state index in [0.29, 0.717) is 27.9 Å². The van der Waals surface area contributed by atoms with E-state index >= 15 is 0 Å². The Labute approximate surface area is 157 Å². The van der Waals surface area contributed by atoms with Crippen molar-refractivity contribution in [1.82, 2.24) is 14.8 Å². The smallest absolute Gasteiger partial charge is 0.406 e. The fourth-order valence-corrected chi connectivity index (χ4v) is 3.16. The van der Waals surface area contributed by atoms with Crippen molar-refractivity contribution in [2.45, 2.75) is 13.3 Å². The summed E-state index contributed by atoms with van der Waals surface area (Å²) in [4.78, 5) is 0. The van der Waals surface area contributed by atoms with Crippen molar-refractivity contribution in [1.29, 1.82) is 0 Å². The van der Waals surface area contributed by atoms with Gasteiger partial charge in [-0.1, -0.05) is 29.8 Å². The fraction of sp³-hybridized carbons (Fsp3) is 0.105. The molecule has 0 fully saturated rings. The maximum Gasteiger partial charge on any atom is 0.573 e. The number of benzene rings is 2. The SMILES string of the molecule is Cc1nnc2n1-c1ccc(OC(F)(F)F)cc1C(c1ccc(Cl)cc1)=C[CH]2. The Morgan fingerprint density at radius 3 is 2.48 bits per heavy atom. The van der Waals surface area contributed by atoms with Crippen LogP contribution in [-0.4, -0.2) is 21.1 Å². The first-order valence-electron chi connectivity index (χ1n) is 7.95. The highest BCUT2D eigenvalue weighted by molar-refractivity contribution is 6.30. The molecule has 1 aliphatic heterocycles. The van der Waals surface area contributed by atoms with Crippen molar-refractivity contribution in [2.75, 3.05) is 0 Å². The van der Waals surface area contributed by atoms with Gasteiger partial charge in [0.2, 0.25) is 0 Å². The fourth-order valence-electron chi connectivity index (χ4n) is 3.04. The molecule has 0 atom stereocenters. The zero-order valence-corrected chi connectivity index (χ0v) is 14.7. The monoisotopic (exact) mass is 390 g/mol. The lowest BCUT2D eigenvalue weighted by atomic mass is 9.96. The minimum atomic E-state index is -4.77. The van der Waals surface area contributed by atoms with E-state index in [2.05, 4.69) is 14.9 Å². The quantitative estimate of drug-likeness (QED) is 0.609. The predicted octanol–water partition coefficient (Wildman–Crippen LogP) is 5.13. The first kappa shape index (κ1) is 17.6. The Balaban J connectivity index is 1.92. The lowest BCUT2D eigenvalue weighted by molar-refractivity contribution is -0.274. The molecule has 0 bridgehead atoms. The lowest BCUT2D eigenvalue weighted by Crippen LogP contribution is -2.17.